The van der Waals surface area contributed by atoms with E-state index < -0.39 is 0 Å². The fraction of sp³-hybridized carbons (Fsp3) is 0.217. The molecular formula is C23H24O3. The Kier molecular flexibility index (Phi) is 5.80. The van der Waals surface area contributed by atoms with Gasteiger partial charge in [0.2, 0.25) is 0 Å². The quantitative estimate of drug-likeness (QED) is 0.608. The molecule has 0 saturated heterocycles. The Morgan fingerprint density at radius 3 is 1.54 bits per heavy atom. The molecular weight excluding hydrogens is 324 g/mol. The lowest BCUT2D eigenvalue weighted by atomic mass is 9.98. The molecule has 0 N–H and O–H groups in total. The van der Waals surface area contributed by atoms with Crippen molar-refractivity contribution >= 4 is 0 Å². The van der Waals surface area contributed by atoms with Crippen LogP contribution in [0, 0.1) is 0 Å². The van der Waals surface area contributed by atoms with Gasteiger partial charge >= 0.3 is 0 Å². The van der Waals surface area contributed by atoms with E-state index in [0.29, 0.717) is 0 Å². The highest BCUT2D eigenvalue weighted by Crippen LogP contribution is 2.25. The lowest BCUT2D eigenvalue weighted by Gasteiger charge is -2.12. The molecule has 3 heteroatoms. The molecule has 0 aliphatic rings. The van der Waals surface area contributed by atoms with Crippen molar-refractivity contribution < 1.29 is 14.2 Å². The Morgan fingerprint density at radius 1 is 0.538 bits per heavy atom. The van der Waals surface area contributed by atoms with Crippen LogP contribution in [-0.2, 0) is 12.8 Å². The van der Waals surface area contributed by atoms with E-state index in [4.69, 9.17) is 14.2 Å². The Labute approximate surface area is 155 Å². The summed E-state index contributed by atoms with van der Waals surface area (Å²) in [4.78, 5) is 0. The van der Waals surface area contributed by atoms with Crippen LogP contribution in [0.3, 0.4) is 0 Å². The molecule has 0 heterocycles. The van der Waals surface area contributed by atoms with Gasteiger partial charge in [0.05, 0.1) is 21.3 Å². The van der Waals surface area contributed by atoms with E-state index >= 15 is 0 Å². The summed E-state index contributed by atoms with van der Waals surface area (Å²) in [6, 6.07) is 22.8. The molecule has 0 aliphatic heterocycles. The number of ether oxygens (including phenoxy) is 3. The maximum atomic E-state index is 5.56. The van der Waals surface area contributed by atoms with Gasteiger partial charge in [-0.25, -0.2) is 0 Å². The summed E-state index contributed by atoms with van der Waals surface area (Å²) >= 11 is 0. The molecule has 0 amide bonds. The minimum atomic E-state index is 0.823. The van der Waals surface area contributed by atoms with E-state index in [9.17, 15) is 0 Å². The molecule has 134 valence electrons. The summed E-state index contributed by atoms with van der Waals surface area (Å²) in [5.74, 6) is 2.66. The average molecular weight is 348 g/mol. The van der Waals surface area contributed by atoms with Crippen LogP contribution >= 0.6 is 0 Å². The number of methoxy groups -OCH3 is 3. The predicted molar refractivity (Wildman–Crippen MR) is 105 cm³/mol. The molecule has 3 aromatic carbocycles. The topological polar surface area (TPSA) is 27.7 Å². The molecule has 0 bridgehead atoms. The molecule has 3 aromatic rings. The van der Waals surface area contributed by atoms with Crippen LogP contribution in [0.25, 0.3) is 0 Å². The van der Waals surface area contributed by atoms with Crippen LogP contribution in [0.2, 0.25) is 0 Å². The normalized spacial score (nSPS) is 10.4. The van der Waals surface area contributed by atoms with Crippen LogP contribution in [0.1, 0.15) is 22.3 Å². The van der Waals surface area contributed by atoms with Gasteiger partial charge in [-0.2, -0.15) is 0 Å². The summed E-state index contributed by atoms with van der Waals surface area (Å²) in [7, 11) is 5.08. The summed E-state index contributed by atoms with van der Waals surface area (Å²) in [6.07, 6.45) is 1.70. The number of hydrogen-bond donors (Lipinski definition) is 0. The van der Waals surface area contributed by atoms with Gasteiger partial charge in [-0.3, -0.25) is 0 Å². The Balaban J connectivity index is 1.80. The molecule has 0 aromatic heterocycles. The van der Waals surface area contributed by atoms with Gasteiger partial charge in [0.1, 0.15) is 17.2 Å². The van der Waals surface area contributed by atoms with Crippen molar-refractivity contribution in [3.63, 3.8) is 0 Å². The molecule has 0 spiro atoms. The van der Waals surface area contributed by atoms with Crippen LogP contribution < -0.4 is 14.2 Å². The zero-order valence-electron chi connectivity index (χ0n) is 15.5. The third-order valence-electron chi connectivity index (χ3n) is 4.47. The molecule has 0 aliphatic carbocycles. The van der Waals surface area contributed by atoms with Crippen LogP contribution in [0.5, 0.6) is 17.2 Å². The van der Waals surface area contributed by atoms with Gasteiger partial charge in [0, 0.05) is 6.42 Å². The molecule has 0 unspecified atom stereocenters. The number of hydrogen-bond acceptors (Lipinski definition) is 3. The lowest BCUT2D eigenvalue weighted by molar-refractivity contribution is 0.410. The molecule has 0 saturated carbocycles. The monoisotopic (exact) mass is 348 g/mol. The first-order chi connectivity index (χ1) is 12.7. The van der Waals surface area contributed by atoms with E-state index in [0.717, 1.165) is 30.1 Å². The zero-order chi connectivity index (χ0) is 18.4. The highest BCUT2D eigenvalue weighted by molar-refractivity contribution is 5.43. The van der Waals surface area contributed by atoms with Crippen molar-refractivity contribution in [1.29, 1.82) is 0 Å². The van der Waals surface area contributed by atoms with Crippen LogP contribution in [0.15, 0.2) is 66.7 Å². The fourth-order valence-corrected chi connectivity index (χ4v) is 3.02. The van der Waals surface area contributed by atoms with Crippen molar-refractivity contribution in [2.75, 3.05) is 21.3 Å². The van der Waals surface area contributed by atoms with Crippen molar-refractivity contribution in [3.05, 3.63) is 89.0 Å². The maximum Gasteiger partial charge on any atom is 0.122 e. The molecule has 26 heavy (non-hydrogen) atoms. The lowest BCUT2D eigenvalue weighted by Crippen LogP contribution is -1.97. The highest BCUT2D eigenvalue weighted by Gasteiger charge is 2.07. The van der Waals surface area contributed by atoms with Crippen molar-refractivity contribution in [2.24, 2.45) is 0 Å². The Morgan fingerprint density at radius 2 is 1.04 bits per heavy atom. The Bertz CT molecular complexity index is 836. The fourth-order valence-electron chi connectivity index (χ4n) is 3.02. The molecule has 0 atom stereocenters. The number of rotatable bonds is 7. The van der Waals surface area contributed by atoms with E-state index in [1.54, 1.807) is 21.3 Å². The SMILES string of the molecule is COc1ccc(Cc2ccc(OC)c(Cc3ccc(OC)cc3)c2)cc1. The van der Waals surface area contributed by atoms with Gasteiger partial charge in [0.25, 0.3) is 0 Å². The first-order valence-electron chi connectivity index (χ1n) is 8.63. The van der Waals surface area contributed by atoms with Gasteiger partial charge < -0.3 is 14.2 Å². The summed E-state index contributed by atoms with van der Waals surface area (Å²) in [5.41, 5.74) is 4.93. The third kappa shape index (κ3) is 4.37. The third-order valence-corrected chi connectivity index (χ3v) is 4.47. The van der Waals surface area contributed by atoms with E-state index in [2.05, 4.69) is 42.5 Å². The first kappa shape index (κ1) is 17.9. The van der Waals surface area contributed by atoms with Gasteiger partial charge in [-0.1, -0.05) is 36.4 Å². The van der Waals surface area contributed by atoms with Crippen molar-refractivity contribution in [2.45, 2.75) is 12.8 Å². The standard InChI is InChI=1S/C23H24O3/c1-24-21-9-4-17(5-10-21)14-19-8-13-23(26-3)20(16-19)15-18-6-11-22(25-2)12-7-18/h4-13,16H,14-15H2,1-3H3. The maximum absolute atomic E-state index is 5.56. The highest BCUT2D eigenvalue weighted by atomic mass is 16.5. The predicted octanol–water partition coefficient (Wildman–Crippen LogP) is 4.89. The van der Waals surface area contributed by atoms with Gasteiger partial charge in [0.15, 0.2) is 0 Å². The first-order valence-corrected chi connectivity index (χ1v) is 8.63. The largest absolute Gasteiger partial charge is 0.497 e. The van der Waals surface area contributed by atoms with Crippen LogP contribution in [-0.4, -0.2) is 21.3 Å². The van der Waals surface area contributed by atoms with Crippen molar-refractivity contribution in [1.82, 2.24) is 0 Å². The smallest absolute Gasteiger partial charge is 0.122 e. The van der Waals surface area contributed by atoms with Crippen molar-refractivity contribution in [3.8, 4) is 17.2 Å². The average Bonchev–Trinajstić information content (AvgIpc) is 2.69. The molecule has 3 nitrogen and oxygen atoms in total. The zero-order valence-corrected chi connectivity index (χ0v) is 15.5. The van der Waals surface area contributed by atoms with Gasteiger partial charge in [-0.15, -0.1) is 0 Å². The molecule has 3 rings (SSSR count). The minimum absolute atomic E-state index is 0.823. The van der Waals surface area contributed by atoms with E-state index in [1.807, 2.05) is 24.3 Å². The van der Waals surface area contributed by atoms with E-state index in [1.165, 1.54) is 22.3 Å². The summed E-state index contributed by atoms with van der Waals surface area (Å²) in [6.45, 7) is 0. The second-order valence-corrected chi connectivity index (χ2v) is 6.20. The Hall–Kier alpha value is -2.94. The summed E-state index contributed by atoms with van der Waals surface area (Å²) < 4.78 is 16.0. The van der Waals surface area contributed by atoms with Crippen LogP contribution in [0.4, 0.5) is 0 Å². The second kappa shape index (κ2) is 8.43. The van der Waals surface area contributed by atoms with Gasteiger partial charge in [-0.05, 0) is 59.0 Å². The minimum Gasteiger partial charge on any atom is -0.497 e. The number of benzene rings is 3. The summed E-state index contributed by atoms with van der Waals surface area (Å²) in [5, 5.41) is 0. The second-order valence-electron chi connectivity index (χ2n) is 6.20. The molecule has 0 radical (unpaired) electrons. The molecule has 0 fully saturated rings. The van der Waals surface area contributed by atoms with E-state index in [-0.39, 0.29) is 0 Å².